The molecule has 152 valence electrons. The van der Waals surface area contributed by atoms with Crippen molar-refractivity contribution in [3.8, 4) is 5.75 Å². The molecule has 0 amide bonds. The highest BCUT2D eigenvalue weighted by atomic mass is 35.5. The fourth-order valence-electron chi connectivity index (χ4n) is 2.77. The van der Waals surface area contributed by atoms with Crippen LogP contribution in [0.3, 0.4) is 0 Å². The van der Waals surface area contributed by atoms with Gasteiger partial charge in [0, 0.05) is 23.6 Å². The number of benzene rings is 1. The Morgan fingerprint density at radius 3 is 2.59 bits per heavy atom. The van der Waals surface area contributed by atoms with Gasteiger partial charge in [0.1, 0.15) is 5.56 Å². The van der Waals surface area contributed by atoms with E-state index in [0.29, 0.717) is 5.02 Å². The highest BCUT2D eigenvalue weighted by molar-refractivity contribution is 6.30. The summed E-state index contributed by atoms with van der Waals surface area (Å²) in [6.45, 7) is 5.96. The maximum absolute atomic E-state index is 12.8. The van der Waals surface area contributed by atoms with Crippen molar-refractivity contribution in [2.24, 2.45) is 5.41 Å². The lowest BCUT2D eigenvalue weighted by atomic mass is 9.99. The molecular weight excluding hydrogens is 396 g/mol. The van der Waals surface area contributed by atoms with Gasteiger partial charge in [0.05, 0.1) is 13.2 Å². The third-order valence-corrected chi connectivity index (χ3v) is 4.41. The van der Waals surface area contributed by atoms with E-state index in [-0.39, 0.29) is 29.6 Å². The van der Waals surface area contributed by atoms with Crippen LogP contribution < -0.4 is 11.0 Å². The summed E-state index contributed by atoms with van der Waals surface area (Å²) in [7, 11) is 0. The van der Waals surface area contributed by atoms with E-state index in [1.165, 1.54) is 27.6 Å². The zero-order chi connectivity index (χ0) is 21.3. The minimum Gasteiger partial charge on any atom is -0.503 e. The number of carbonyl (C=O) groups excluding carboxylic acids is 1. The Morgan fingerprint density at radius 2 is 1.93 bits per heavy atom. The molecule has 0 spiro atoms. The van der Waals surface area contributed by atoms with Crippen LogP contribution in [0.2, 0.25) is 5.02 Å². The Balaban J connectivity index is 2.03. The minimum atomic E-state index is -0.943. The van der Waals surface area contributed by atoms with E-state index in [4.69, 9.17) is 16.3 Å². The molecule has 3 aromatic rings. The molecule has 1 aromatic carbocycles. The van der Waals surface area contributed by atoms with Crippen LogP contribution in [0.5, 0.6) is 5.75 Å². The van der Waals surface area contributed by atoms with Crippen LogP contribution in [-0.2, 0) is 11.3 Å². The van der Waals surface area contributed by atoms with Crippen molar-refractivity contribution in [2.45, 2.75) is 27.3 Å². The van der Waals surface area contributed by atoms with E-state index in [1.54, 1.807) is 18.2 Å². The second-order valence-corrected chi connectivity index (χ2v) is 8.41. The van der Waals surface area contributed by atoms with Gasteiger partial charge >= 0.3 is 5.97 Å². The molecule has 7 nitrogen and oxygen atoms in total. The third kappa shape index (κ3) is 4.51. The summed E-state index contributed by atoms with van der Waals surface area (Å²) in [5.74, 6) is -1.64. The van der Waals surface area contributed by atoms with Crippen molar-refractivity contribution in [1.29, 1.82) is 0 Å². The van der Waals surface area contributed by atoms with Crippen LogP contribution in [0.4, 0.5) is 0 Å². The SMILES string of the molecule is CC(C)(C)COC(=O)c1cn2ccn(Cc3cccc(Cl)c3)c(=O)c2c(O)c1=O. The maximum atomic E-state index is 12.8. The Bertz CT molecular complexity index is 1200. The van der Waals surface area contributed by atoms with E-state index in [2.05, 4.69) is 0 Å². The number of hydrogen-bond donors (Lipinski definition) is 1. The molecule has 2 aromatic heterocycles. The number of halogens is 1. The summed E-state index contributed by atoms with van der Waals surface area (Å²) in [5.41, 5.74) is -1.56. The Kier molecular flexibility index (Phi) is 5.53. The lowest BCUT2D eigenvalue weighted by Gasteiger charge is -2.17. The molecule has 0 saturated heterocycles. The second kappa shape index (κ2) is 7.75. The van der Waals surface area contributed by atoms with Gasteiger partial charge in [-0.2, -0.15) is 0 Å². The van der Waals surface area contributed by atoms with Gasteiger partial charge in [-0.1, -0.05) is 44.5 Å². The first-order valence-electron chi connectivity index (χ1n) is 8.96. The fourth-order valence-corrected chi connectivity index (χ4v) is 2.98. The predicted octanol–water partition coefficient (Wildman–Crippen LogP) is 3.07. The van der Waals surface area contributed by atoms with Crippen LogP contribution in [0, 0.1) is 5.41 Å². The van der Waals surface area contributed by atoms with Crippen molar-refractivity contribution in [2.75, 3.05) is 6.61 Å². The highest BCUT2D eigenvalue weighted by Gasteiger charge is 2.22. The molecular formula is C21H21ClN2O5. The molecule has 2 heterocycles. The minimum absolute atomic E-state index is 0.107. The molecule has 0 radical (unpaired) electrons. The number of aromatic hydroxyl groups is 1. The lowest BCUT2D eigenvalue weighted by Crippen LogP contribution is -2.27. The standard InChI is InChI=1S/C21H21ClN2O5/c1-21(2,3)12-29-20(28)15-11-23-7-8-24(10-13-5-4-6-14(22)9-13)19(27)16(23)18(26)17(15)25/h4-9,11,26H,10,12H2,1-3H3. The maximum Gasteiger partial charge on any atom is 0.343 e. The summed E-state index contributed by atoms with van der Waals surface area (Å²) >= 11 is 5.98. The third-order valence-electron chi connectivity index (χ3n) is 4.18. The second-order valence-electron chi connectivity index (χ2n) is 7.97. The Labute approximate surface area is 171 Å². The number of esters is 1. The van der Waals surface area contributed by atoms with Crippen LogP contribution >= 0.6 is 11.6 Å². The molecule has 0 atom stereocenters. The monoisotopic (exact) mass is 416 g/mol. The lowest BCUT2D eigenvalue weighted by molar-refractivity contribution is 0.0364. The number of fused-ring (bicyclic) bond motifs is 1. The van der Waals surface area contributed by atoms with Gasteiger partial charge in [-0.3, -0.25) is 9.59 Å². The smallest absolute Gasteiger partial charge is 0.343 e. The van der Waals surface area contributed by atoms with Crippen LogP contribution in [-0.4, -0.2) is 26.7 Å². The average Bonchev–Trinajstić information content (AvgIpc) is 2.64. The molecule has 0 aliphatic carbocycles. The number of rotatable bonds is 4. The van der Waals surface area contributed by atoms with Crippen molar-refractivity contribution in [3.05, 3.63) is 79.6 Å². The highest BCUT2D eigenvalue weighted by Crippen LogP contribution is 2.16. The number of hydrogen-bond acceptors (Lipinski definition) is 5. The molecule has 0 unspecified atom stereocenters. The number of carbonyl (C=O) groups is 1. The van der Waals surface area contributed by atoms with E-state index < -0.39 is 22.7 Å². The van der Waals surface area contributed by atoms with Gasteiger partial charge in [-0.05, 0) is 23.1 Å². The molecule has 8 heteroatoms. The molecule has 0 bridgehead atoms. The van der Waals surface area contributed by atoms with Gasteiger partial charge in [0.25, 0.3) is 5.56 Å². The Hall–Kier alpha value is -3.06. The van der Waals surface area contributed by atoms with E-state index in [9.17, 15) is 19.5 Å². The van der Waals surface area contributed by atoms with Crippen molar-refractivity contribution in [1.82, 2.24) is 8.97 Å². The van der Waals surface area contributed by atoms with Crippen LogP contribution in [0.15, 0.2) is 52.4 Å². The molecule has 29 heavy (non-hydrogen) atoms. The predicted molar refractivity (Wildman–Crippen MR) is 110 cm³/mol. The zero-order valence-corrected chi connectivity index (χ0v) is 17.1. The quantitative estimate of drug-likeness (QED) is 0.660. The van der Waals surface area contributed by atoms with Gasteiger partial charge in [0.15, 0.2) is 11.3 Å². The largest absolute Gasteiger partial charge is 0.503 e. The molecule has 3 rings (SSSR count). The van der Waals surface area contributed by atoms with Gasteiger partial charge in [-0.15, -0.1) is 0 Å². The first kappa shape index (κ1) is 20.7. The normalized spacial score (nSPS) is 11.6. The summed E-state index contributed by atoms with van der Waals surface area (Å²) in [6, 6.07) is 7.02. The van der Waals surface area contributed by atoms with Crippen LogP contribution in [0.1, 0.15) is 36.7 Å². The summed E-state index contributed by atoms with van der Waals surface area (Å²) < 4.78 is 7.76. The van der Waals surface area contributed by atoms with Crippen molar-refractivity contribution in [3.63, 3.8) is 0 Å². The van der Waals surface area contributed by atoms with E-state index in [1.807, 2.05) is 26.8 Å². The van der Waals surface area contributed by atoms with Crippen molar-refractivity contribution >= 4 is 23.1 Å². The van der Waals surface area contributed by atoms with Gasteiger partial charge < -0.3 is 18.8 Å². The topological polar surface area (TPSA) is 90.0 Å². The molecule has 0 fully saturated rings. The number of pyridine rings is 1. The van der Waals surface area contributed by atoms with E-state index >= 15 is 0 Å². The summed E-state index contributed by atoms with van der Waals surface area (Å²) in [6.07, 6.45) is 4.19. The molecule has 0 aliphatic rings. The summed E-state index contributed by atoms with van der Waals surface area (Å²) in [4.78, 5) is 37.6. The number of aromatic nitrogens is 2. The van der Waals surface area contributed by atoms with Crippen LogP contribution in [0.25, 0.3) is 5.52 Å². The molecule has 1 N–H and O–H groups in total. The number of ether oxygens (including phenoxy) is 1. The van der Waals surface area contributed by atoms with Gasteiger partial charge in [-0.25, -0.2) is 4.79 Å². The Morgan fingerprint density at radius 1 is 1.21 bits per heavy atom. The summed E-state index contributed by atoms with van der Waals surface area (Å²) in [5, 5.41) is 10.9. The fraction of sp³-hybridized carbons (Fsp3) is 0.286. The average molecular weight is 417 g/mol. The molecule has 0 saturated carbocycles. The van der Waals surface area contributed by atoms with E-state index in [0.717, 1.165) is 5.56 Å². The first-order chi connectivity index (χ1) is 13.6. The number of nitrogens with zero attached hydrogens (tertiary/aromatic N) is 2. The first-order valence-corrected chi connectivity index (χ1v) is 9.33. The molecule has 0 aliphatic heterocycles. The van der Waals surface area contributed by atoms with Crippen molar-refractivity contribution < 1.29 is 14.6 Å². The zero-order valence-electron chi connectivity index (χ0n) is 16.3. The van der Waals surface area contributed by atoms with Gasteiger partial charge in [0.2, 0.25) is 5.43 Å².